The van der Waals surface area contributed by atoms with Gasteiger partial charge in [-0.1, -0.05) is 30.5 Å². The van der Waals surface area contributed by atoms with Gasteiger partial charge in [0, 0.05) is 13.0 Å². The number of carbonyl (C=O) groups is 2. The van der Waals surface area contributed by atoms with Crippen molar-refractivity contribution >= 4 is 23.5 Å². The smallest absolute Gasteiger partial charge is 0.303 e. The highest BCUT2D eigenvalue weighted by molar-refractivity contribution is 6.29. The number of hydrogen-bond acceptors (Lipinski definition) is 3. The van der Waals surface area contributed by atoms with E-state index in [9.17, 15) is 9.59 Å². The number of carbonyl (C=O) groups excluding carboxylic acids is 1. The number of amides is 1. The average molecular weight is 285 g/mol. The largest absolute Gasteiger partial charge is 0.481 e. The molecule has 1 heterocycles. The molecular formula is C13H17ClN2O3. The van der Waals surface area contributed by atoms with Crippen LogP contribution in [0.15, 0.2) is 18.2 Å². The number of rotatable bonds is 8. The lowest BCUT2D eigenvalue weighted by molar-refractivity contribution is -0.137. The highest BCUT2D eigenvalue weighted by Gasteiger charge is 2.06. The van der Waals surface area contributed by atoms with Crippen LogP contribution in [0, 0.1) is 0 Å². The second-order valence-electron chi connectivity index (χ2n) is 4.16. The Hall–Kier alpha value is -1.62. The van der Waals surface area contributed by atoms with Crippen LogP contribution < -0.4 is 5.32 Å². The number of hydrogen-bond donors (Lipinski definition) is 2. The molecule has 6 heteroatoms. The highest BCUT2D eigenvalue weighted by atomic mass is 35.5. The summed E-state index contributed by atoms with van der Waals surface area (Å²) in [6.45, 7) is 0.556. The molecule has 0 aliphatic carbocycles. The van der Waals surface area contributed by atoms with Crippen LogP contribution in [0.3, 0.4) is 0 Å². The van der Waals surface area contributed by atoms with Gasteiger partial charge < -0.3 is 10.4 Å². The summed E-state index contributed by atoms with van der Waals surface area (Å²) in [7, 11) is 0. The Labute approximate surface area is 117 Å². The monoisotopic (exact) mass is 284 g/mol. The van der Waals surface area contributed by atoms with E-state index >= 15 is 0 Å². The number of pyridine rings is 1. The third-order valence-corrected chi connectivity index (χ3v) is 2.76. The number of carboxylic acids is 1. The molecule has 19 heavy (non-hydrogen) atoms. The number of nitrogens with one attached hydrogen (secondary N) is 1. The fourth-order valence-corrected chi connectivity index (χ4v) is 1.75. The molecule has 104 valence electrons. The number of halogens is 1. The summed E-state index contributed by atoms with van der Waals surface area (Å²) >= 11 is 5.69. The lowest BCUT2D eigenvalue weighted by Crippen LogP contribution is -2.25. The van der Waals surface area contributed by atoms with E-state index in [-0.39, 0.29) is 12.3 Å². The number of carboxylic acid groups (broad SMARTS) is 1. The van der Waals surface area contributed by atoms with Crippen molar-refractivity contribution in [2.75, 3.05) is 6.54 Å². The topological polar surface area (TPSA) is 79.3 Å². The van der Waals surface area contributed by atoms with E-state index in [1.807, 2.05) is 0 Å². The van der Waals surface area contributed by atoms with Gasteiger partial charge in [-0.15, -0.1) is 0 Å². The van der Waals surface area contributed by atoms with Crippen LogP contribution in [0.25, 0.3) is 0 Å². The van der Waals surface area contributed by atoms with E-state index in [4.69, 9.17) is 16.7 Å². The molecule has 0 aliphatic rings. The van der Waals surface area contributed by atoms with E-state index in [0.717, 1.165) is 19.3 Å². The summed E-state index contributed by atoms with van der Waals surface area (Å²) in [5.74, 6) is -1.01. The summed E-state index contributed by atoms with van der Waals surface area (Å²) in [4.78, 5) is 25.9. The van der Waals surface area contributed by atoms with Gasteiger partial charge >= 0.3 is 5.97 Å². The molecule has 0 radical (unpaired) electrons. The molecule has 0 fully saturated rings. The third-order valence-electron chi connectivity index (χ3n) is 2.55. The molecule has 1 rings (SSSR count). The van der Waals surface area contributed by atoms with Gasteiger partial charge in [-0.3, -0.25) is 9.59 Å². The van der Waals surface area contributed by atoms with Crippen LogP contribution in [-0.2, 0) is 4.79 Å². The second kappa shape index (κ2) is 8.48. The van der Waals surface area contributed by atoms with E-state index in [2.05, 4.69) is 10.3 Å². The van der Waals surface area contributed by atoms with Gasteiger partial charge in [-0.05, 0) is 25.0 Å². The molecular weight excluding hydrogens is 268 g/mol. The molecule has 0 bridgehead atoms. The van der Waals surface area contributed by atoms with Gasteiger partial charge in [0.2, 0.25) is 0 Å². The minimum Gasteiger partial charge on any atom is -0.481 e. The average Bonchev–Trinajstić information content (AvgIpc) is 2.37. The van der Waals surface area contributed by atoms with Gasteiger partial charge in [0.05, 0.1) is 0 Å². The van der Waals surface area contributed by atoms with Crippen molar-refractivity contribution in [3.8, 4) is 0 Å². The molecule has 0 saturated carbocycles. The first-order valence-electron chi connectivity index (χ1n) is 6.22. The van der Waals surface area contributed by atoms with Crippen molar-refractivity contribution in [2.24, 2.45) is 0 Å². The van der Waals surface area contributed by atoms with Crippen LogP contribution in [0.5, 0.6) is 0 Å². The van der Waals surface area contributed by atoms with Crippen LogP contribution in [0.2, 0.25) is 5.15 Å². The molecule has 5 nitrogen and oxygen atoms in total. The van der Waals surface area contributed by atoms with Crippen LogP contribution in [0.4, 0.5) is 0 Å². The number of aromatic nitrogens is 1. The zero-order chi connectivity index (χ0) is 14.1. The summed E-state index contributed by atoms with van der Waals surface area (Å²) in [6.07, 6.45) is 3.47. The van der Waals surface area contributed by atoms with Crippen molar-refractivity contribution in [2.45, 2.75) is 32.1 Å². The molecule has 0 atom stereocenters. The van der Waals surface area contributed by atoms with Gasteiger partial charge in [0.15, 0.2) is 0 Å². The lowest BCUT2D eigenvalue weighted by Gasteiger charge is -2.04. The van der Waals surface area contributed by atoms with Gasteiger partial charge in [-0.25, -0.2) is 4.98 Å². The molecule has 1 aromatic rings. The third kappa shape index (κ3) is 6.76. The lowest BCUT2D eigenvalue weighted by atomic mass is 10.1. The molecule has 0 spiro atoms. The van der Waals surface area contributed by atoms with E-state index in [0.29, 0.717) is 23.8 Å². The number of unbranched alkanes of at least 4 members (excludes halogenated alkanes) is 3. The first-order chi connectivity index (χ1) is 9.09. The Morgan fingerprint density at radius 1 is 1.21 bits per heavy atom. The van der Waals surface area contributed by atoms with Crippen molar-refractivity contribution in [1.82, 2.24) is 10.3 Å². The first kappa shape index (κ1) is 15.4. The summed E-state index contributed by atoms with van der Waals surface area (Å²) in [5, 5.41) is 11.5. The fraction of sp³-hybridized carbons (Fsp3) is 0.462. The molecule has 0 saturated heterocycles. The predicted molar refractivity (Wildman–Crippen MR) is 72.3 cm³/mol. The molecule has 0 unspecified atom stereocenters. The second-order valence-corrected chi connectivity index (χ2v) is 4.55. The standard InChI is InChI=1S/C13H17ClN2O3/c14-11-7-5-6-10(16-11)13(19)15-9-4-2-1-3-8-12(17)18/h5-7H,1-4,8-9H2,(H,15,19)(H,17,18). The van der Waals surface area contributed by atoms with E-state index in [1.54, 1.807) is 18.2 Å². The SMILES string of the molecule is O=C(O)CCCCCCNC(=O)c1cccc(Cl)n1. The van der Waals surface area contributed by atoms with Crippen molar-refractivity contribution in [3.05, 3.63) is 29.0 Å². The van der Waals surface area contributed by atoms with Gasteiger partial charge in [0.25, 0.3) is 5.91 Å². The van der Waals surface area contributed by atoms with Crippen LogP contribution in [-0.4, -0.2) is 28.5 Å². The highest BCUT2D eigenvalue weighted by Crippen LogP contribution is 2.05. The first-order valence-corrected chi connectivity index (χ1v) is 6.60. The number of aliphatic carboxylic acids is 1. The van der Waals surface area contributed by atoms with Crippen molar-refractivity contribution in [1.29, 1.82) is 0 Å². The van der Waals surface area contributed by atoms with E-state index in [1.165, 1.54) is 0 Å². The molecule has 2 N–H and O–H groups in total. The van der Waals surface area contributed by atoms with Gasteiger partial charge in [-0.2, -0.15) is 0 Å². The summed E-state index contributed by atoms with van der Waals surface area (Å²) < 4.78 is 0. The Balaban J connectivity index is 2.12. The van der Waals surface area contributed by atoms with Crippen molar-refractivity contribution < 1.29 is 14.7 Å². The van der Waals surface area contributed by atoms with Crippen LogP contribution >= 0.6 is 11.6 Å². The quantitative estimate of drug-likeness (QED) is 0.568. The summed E-state index contributed by atoms with van der Waals surface area (Å²) in [6, 6.07) is 4.89. The maximum Gasteiger partial charge on any atom is 0.303 e. The molecule has 1 aromatic heterocycles. The summed E-state index contributed by atoms with van der Waals surface area (Å²) in [5.41, 5.74) is 0.304. The zero-order valence-electron chi connectivity index (χ0n) is 10.6. The Kier molecular flexibility index (Phi) is 6.89. The minimum absolute atomic E-state index is 0.207. The van der Waals surface area contributed by atoms with Crippen LogP contribution in [0.1, 0.15) is 42.6 Å². The van der Waals surface area contributed by atoms with E-state index < -0.39 is 5.97 Å². The maximum atomic E-state index is 11.7. The molecule has 0 aliphatic heterocycles. The Morgan fingerprint density at radius 2 is 1.95 bits per heavy atom. The maximum absolute atomic E-state index is 11.7. The van der Waals surface area contributed by atoms with Gasteiger partial charge in [0.1, 0.15) is 10.8 Å². The minimum atomic E-state index is -0.764. The Morgan fingerprint density at radius 3 is 2.63 bits per heavy atom. The normalized spacial score (nSPS) is 10.2. The fourth-order valence-electron chi connectivity index (χ4n) is 1.58. The molecule has 0 aromatic carbocycles. The van der Waals surface area contributed by atoms with Crippen molar-refractivity contribution in [3.63, 3.8) is 0 Å². The zero-order valence-corrected chi connectivity index (χ0v) is 11.3. The number of nitrogens with zero attached hydrogens (tertiary/aromatic N) is 1. The predicted octanol–water partition coefficient (Wildman–Crippen LogP) is 2.50. The molecule has 1 amide bonds. The Bertz CT molecular complexity index is 438.